The topological polar surface area (TPSA) is 9.23 Å². The molecule has 0 aliphatic carbocycles. The van der Waals surface area contributed by atoms with Gasteiger partial charge in [0.15, 0.2) is 0 Å². The van der Waals surface area contributed by atoms with Crippen LogP contribution in [0, 0.1) is 0 Å². The minimum Gasteiger partial charge on any atom is -0.467 e. The molecule has 0 radical (unpaired) electrons. The first-order valence-corrected chi connectivity index (χ1v) is 4.85. The van der Waals surface area contributed by atoms with Gasteiger partial charge in [-0.3, -0.25) is 0 Å². The molecule has 1 aliphatic rings. The van der Waals surface area contributed by atoms with Gasteiger partial charge in [0, 0.05) is 5.92 Å². The summed E-state index contributed by atoms with van der Waals surface area (Å²) < 4.78 is 5.46. The summed E-state index contributed by atoms with van der Waals surface area (Å²) in [5, 5.41) is 0. The summed E-state index contributed by atoms with van der Waals surface area (Å²) in [6, 6.07) is 10.5. The first-order chi connectivity index (χ1) is 6.75. The minimum absolute atomic E-state index is 0.366. The second kappa shape index (κ2) is 3.70. The van der Waals surface area contributed by atoms with E-state index in [4.69, 9.17) is 4.74 Å². The van der Waals surface area contributed by atoms with Crippen molar-refractivity contribution in [3.8, 4) is 0 Å². The monoisotopic (exact) mass is 186 g/mol. The fraction of sp³-hybridized carbons (Fsp3) is 0.231. The third-order valence-corrected chi connectivity index (χ3v) is 2.33. The van der Waals surface area contributed by atoms with Crippen molar-refractivity contribution in [2.75, 3.05) is 0 Å². The predicted molar refractivity (Wildman–Crippen MR) is 57.8 cm³/mol. The van der Waals surface area contributed by atoms with Crippen molar-refractivity contribution in [3.05, 3.63) is 59.6 Å². The van der Waals surface area contributed by atoms with Crippen LogP contribution in [0.3, 0.4) is 0 Å². The number of rotatable bonds is 1. The van der Waals surface area contributed by atoms with E-state index in [-0.39, 0.29) is 0 Å². The summed E-state index contributed by atoms with van der Waals surface area (Å²) in [6.45, 7) is 3.98. The molecule has 1 heteroatoms. The molecular weight excluding hydrogens is 172 g/mol. The normalized spacial score (nSPS) is 17.0. The van der Waals surface area contributed by atoms with Gasteiger partial charge >= 0.3 is 0 Å². The van der Waals surface area contributed by atoms with E-state index in [1.54, 1.807) is 0 Å². The van der Waals surface area contributed by atoms with Gasteiger partial charge in [0.05, 0.1) is 11.5 Å². The molecule has 0 atom stereocenters. The number of benzene rings is 1. The molecule has 0 saturated heterocycles. The van der Waals surface area contributed by atoms with Crippen molar-refractivity contribution in [1.82, 2.24) is 0 Å². The van der Waals surface area contributed by atoms with Gasteiger partial charge in [0.1, 0.15) is 0 Å². The maximum atomic E-state index is 5.46. The lowest BCUT2D eigenvalue weighted by Crippen LogP contribution is -2.01. The van der Waals surface area contributed by atoms with E-state index < -0.39 is 0 Å². The average Bonchev–Trinajstić information content (AvgIpc) is 2.18. The fourth-order valence-corrected chi connectivity index (χ4v) is 1.74. The van der Waals surface area contributed by atoms with E-state index in [0.717, 1.165) is 11.5 Å². The molecule has 0 aromatic heterocycles. The van der Waals surface area contributed by atoms with Crippen molar-refractivity contribution in [3.63, 3.8) is 0 Å². The molecule has 72 valence electrons. The summed E-state index contributed by atoms with van der Waals surface area (Å²) in [5.74, 6) is 2.34. The maximum absolute atomic E-state index is 5.46. The molecule has 1 aliphatic heterocycles. The van der Waals surface area contributed by atoms with Crippen LogP contribution < -0.4 is 0 Å². The molecule has 1 aromatic rings. The Morgan fingerprint density at radius 3 is 2.07 bits per heavy atom. The highest BCUT2D eigenvalue weighted by atomic mass is 16.5. The standard InChI is InChI=1S/C13H14O/c1-10-8-13(9-11(2)14-10)12-6-4-3-5-7-12/h3-9,13H,1-2H3. The van der Waals surface area contributed by atoms with Crippen LogP contribution in [-0.2, 0) is 4.74 Å². The SMILES string of the molecule is CC1=CC(c2ccccc2)C=C(C)O1. The van der Waals surface area contributed by atoms with E-state index >= 15 is 0 Å². The number of allylic oxidation sites excluding steroid dienone is 4. The Morgan fingerprint density at radius 2 is 1.50 bits per heavy atom. The third-order valence-electron chi connectivity index (χ3n) is 2.33. The highest BCUT2D eigenvalue weighted by Crippen LogP contribution is 2.27. The van der Waals surface area contributed by atoms with Crippen molar-refractivity contribution >= 4 is 0 Å². The van der Waals surface area contributed by atoms with E-state index in [1.807, 2.05) is 19.9 Å². The van der Waals surface area contributed by atoms with Gasteiger partial charge in [-0.1, -0.05) is 30.3 Å². The zero-order chi connectivity index (χ0) is 9.97. The van der Waals surface area contributed by atoms with Crippen molar-refractivity contribution in [2.24, 2.45) is 0 Å². The van der Waals surface area contributed by atoms with Gasteiger partial charge in [0.2, 0.25) is 0 Å². The molecule has 0 spiro atoms. The highest BCUT2D eigenvalue weighted by Gasteiger charge is 2.11. The molecule has 0 amide bonds. The second-order valence-corrected chi connectivity index (χ2v) is 3.59. The minimum atomic E-state index is 0.366. The zero-order valence-electron chi connectivity index (χ0n) is 8.53. The summed E-state index contributed by atoms with van der Waals surface area (Å²) in [4.78, 5) is 0. The van der Waals surface area contributed by atoms with Crippen LogP contribution in [0.25, 0.3) is 0 Å². The third kappa shape index (κ3) is 1.87. The van der Waals surface area contributed by atoms with Gasteiger partial charge in [-0.25, -0.2) is 0 Å². The molecule has 0 saturated carbocycles. The van der Waals surface area contributed by atoms with Gasteiger partial charge in [-0.2, -0.15) is 0 Å². The molecule has 0 fully saturated rings. The lowest BCUT2D eigenvalue weighted by atomic mass is 9.96. The summed E-state index contributed by atoms with van der Waals surface area (Å²) in [6.07, 6.45) is 4.28. The lowest BCUT2D eigenvalue weighted by Gasteiger charge is -2.18. The van der Waals surface area contributed by atoms with Crippen LogP contribution in [0.2, 0.25) is 0 Å². The number of hydrogen-bond acceptors (Lipinski definition) is 1. The van der Waals surface area contributed by atoms with Gasteiger partial charge < -0.3 is 4.74 Å². The molecule has 1 aromatic carbocycles. The van der Waals surface area contributed by atoms with E-state index in [2.05, 4.69) is 36.4 Å². The quantitative estimate of drug-likeness (QED) is 0.651. The summed E-state index contributed by atoms with van der Waals surface area (Å²) in [5.41, 5.74) is 1.31. The Hall–Kier alpha value is -1.50. The van der Waals surface area contributed by atoms with Crippen molar-refractivity contribution in [1.29, 1.82) is 0 Å². The molecule has 2 rings (SSSR count). The van der Waals surface area contributed by atoms with Gasteiger partial charge in [-0.05, 0) is 31.6 Å². The second-order valence-electron chi connectivity index (χ2n) is 3.59. The summed E-state index contributed by atoms with van der Waals surface area (Å²) in [7, 11) is 0. The first kappa shape index (κ1) is 9.07. The van der Waals surface area contributed by atoms with Crippen molar-refractivity contribution in [2.45, 2.75) is 19.8 Å². The van der Waals surface area contributed by atoms with Gasteiger partial charge in [-0.15, -0.1) is 0 Å². The largest absolute Gasteiger partial charge is 0.467 e. The Morgan fingerprint density at radius 1 is 0.929 bits per heavy atom. The smallest absolute Gasteiger partial charge is 0.0974 e. The lowest BCUT2D eigenvalue weighted by molar-refractivity contribution is 0.297. The highest BCUT2D eigenvalue weighted by molar-refractivity contribution is 5.31. The molecule has 1 heterocycles. The van der Waals surface area contributed by atoms with Crippen LogP contribution in [0.15, 0.2) is 54.0 Å². The van der Waals surface area contributed by atoms with Crippen LogP contribution in [0.1, 0.15) is 25.3 Å². The zero-order valence-corrected chi connectivity index (χ0v) is 8.53. The first-order valence-electron chi connectivity index (χ1n) is 4.85. The molecular formula is C13H14O. The maximum Gasteiger partial charge on any atom is 0.0974 e. The molecule has 0 unspecified atom stereocenters. The summed E-state index contributed by atoms with van der Waals surface area (Å²) >= 11 is 0. The number of hydrogen-bond donors (Lipinski definition) is 0. The van der Waals surface area contributed by atoms with Crippen molar-refractivity contribution < 1.29 is 4.74 Å². The molecule has 1 nitrogen and oxygen atoms in total. The fourth-order valence-electron chi connectivity index (χ4n) is 1.74. The van der Waals surface area contributed by atoms with E-state index in [9.17, 15) is 0 Å². The van der Waals surface area contributed by atoms with Crippen LogP contribution >= 0.6 is 0 Å². The van der Waals surface area contributed by atoms with Crippen LogP contribution in [0.5, 0.6) is 0 Å². The van der Waals surface area contributed by atoms with E-state index in [0.29, 0.717) is 5.92 Å². The van der Waals surface area contributed by atoms with E-state index in [1.165, 1.54) is 5.56 Å². The van der Waals surface area contributed by atoms with Crippen LogP contribution in [0.4, 0.5) is 0 Å². The average molecular weight is 186 g/mol. The van der Waals surface area contributed by atoms with Gasteiger partial charge in [0.25, 0.3) is 0 Å². The Balaban J connectivity index is 2.31. The Kier molecular flexibility index (Phi) is 2.40. The molecule has 0 N–H and O–H groups in total. The molecule has 14 heavy (non-hydrogen) atoms. The molecule has 0 bridgehead atoms. The Labute approximate surface area is 84.7 Å². The van der Waals surface area contributed by atoms with Crippen LogP contribution in [-0.4, -0.2) is 0 Å². The Bertz CT molecular complexity index is 355. The predicted octanol–water partition coefficient (Wildman–Crippen LogP) is 3.61. The number of ether oxygens (including phenoxy) is 1.